The van der Waals surface area contributed by atoms with Gasteiger partial charge in [0.2, 0.25) is 0 Å². The summed E-state index contributed by atoms with van der Waals surface area (Å²) in [5.41, 5.74) is 0. The fourth-order valence-corrected chi connectivity index (χ4v) is 3.68. The van der Waals surface area contributed by atoms with E-state index in [-0.39, 0.29) is 0 Å². The molecule has 0 aliphatic carbocycles. The van der Waals surface area contributed by atoms with Gasteiger partial charge in [-0.2, -0.15) is 0 Å². The van der Waals surface area contributed by atoms with Crippen LogP contribution >= 0.6 is 0 Å². The molecule has 1 nitrogen and oxygen atoms in total. The van der Waals surface area contributed by atoms with Gasteiger partial charge < -0.3 is 4.43 Å². The minimum Gasteiger partial charge on any atom is -0.417 e. The van der Waals surface area contributed by atoms with E-state index in [1.54, 1.807) is 0 Å². The molecule has 0 radical (unpaired) electrons. The molecule has 0 aromatic heterocycles. The van der Waals surface area contributed by atoms with Crippen LogP contribution in [0.25, 0.3) is 0 Å². The summed E-state index contributed by atoms with van der Waals surface area (Å²) < 4.78 is 6.18. The summed E-state index contributed by atoms with van der Waals surface area (Å²) in [6, 6.07) is 2.13. The fourth-order valence-electron chi connectivity index (χ4n) is 1.65. The van der Waals surface area contributed by atoms with Crippen molar-refractivity contribution in [2.24, 2.45) is 0 Å². The molecule has 0 saturated heterocycles. The van der Waals surface area contributed by atoms with Gasteiger partial charge in [0.1, 0.15) is 0 Å². The third-order valence-corrected chi connectivity index (χ3v) is 5.07. The van der Waals surface area contributed by atoms with Gasteiger partial charge in [-0.05, 0) is 24.9 Å². The van der Waals surface area contributed by atoms with Crippen molar-refractivity contribution in [2.75, 3.05) is 0 Å². The first-order valence-corrected chi connectivity index (χ1v) is 8.26. The molecule has 0 heterocycles. The largest absolute Gasteiger partial charge is 0.417 e. The Kier molecular flexibility index (Phi) is 9.95. The van der Waals surface area contributed by atoms with Crippen LogP contribution in [0.4, 0.5) is 0 Å². The van der Waals surface area contributed by atoms with Crippen molar-refractivity contribution in [2.45, 2.75) is 57.7 Å². The summed E-state index contributed by atoms with van der Waals surface area (Å²) in [6.45, 7) is 12.0. The van der Waals surface area contributed by atoms with Crippen LogP contribution in [0.15, 0.2) is 25.3 Å². The van der Waals surface area contributed by atoms with Crippen LogP contribution in [0.5, 0.6) is 0 Å². The van der Waals surface area contributed by atoms with Crippen molar-refractivity contribution in [3.05, 3.63) is 25.3 Å². The van der Waals surface area contributed by atoms with Gasteiger partial charge in [-0.15, -0.1) is 13.2 Å². The summed E-state index contributed by atoms with van der Waals surface area (Å²) >= 11 is 0. The van der Waals surface area contributed by atoms with Gasteiger partial charge in [0.15, 0.2) is 9.04 Å². The van der Waals surface area contributed by atoms with Crippen LogP contribution in [-0.4, -0.2) is 15.1 Å². The minimum atomic E-state index is -1.09. The van der Waals surface area contributed by atoms with Crippen molar-refractivity contribution in [1.82, 2.24) is 0 Å². The average molecular weight is 226 g/mol. The molecule has 0 aliphatic heterocycles. The second-order valence-corrected chi connectivity index (χ2v) is 6.44. The lowest BCUT2D eigenvalue weighted by atomic mass is 10.1. The Morgan fingerprint density at radius 3 is 2.20 bits per heavy atom. The van der Waals surface area contributed by atoms with E-state index in [4.69, 9.17) is 4.43 Å². The number of allylic oxidation sites excluding steroid dienone is 2. The number of unbranched alkanes of at least 4 members (excludes halogenated alkanes) is 1. The molecule has 1 atom stereocenters. The van der Waals surface area contributed by atoms with Crippen molar-refractivity contribution >= 4 is 9.04 Å². The quantitative estimate of drug-likeness (QED) is 0.403. The second kappa shape index (κ2) is 10.2. The predicted octanol–water partition coefficient (Wildman–Crippen LogP) is 4.07. The van der Waals surface area contributed by atoms with Crippen LogP contribution in [0.1, 0.15) is 39.5 Å². The topological polar surface area (TPSA) is 9.23 Å². The Morgan fingerprint density at radius 1 is 1.20 bits per heavy atom. The van der Waals surface area contributed by atoms with E-state index in [1.165, 1.54) is 19.3 Å². The van der Waals surface area contributed by atoms with E-state index in [9.17, 15) is 0 Å². The van der Waals surface area contributed by atoms with Crippen molar-refractivity contribution < 1.29 is 4.43 Å². The lowest BCUT2D eigenvalue weighted by Crippen LogP contribution is -2.24. The Balaban J connectivity index is 3.95. The molecule has 0 amide bonds. The molecule has 15 heavy (non-hydrogen) atoms. The first-order chi connectivity index (χ1) is 7.28. The highest BCUT2D eigenvalue weighted by atomic mass is 28.3. The molecular weight excluding hydrogens is 200 g/mol. The van der Waals surface area contributed by atoms with Gasteiger partial charge in [0.05, 0.1) is 0 Å². The molecule has 0 bridgehead atoms. The fraction of sp³-hybridized carbons (Fsp3) is 0.692. The predicted molar refractivity (Wildman–Crippen MR) is 71.8 cm³/mol. The maximum atomic E-state index is 6.18. The van der Waals surface area contributed by atoms with E-state index in [2.05, 4.69) is 27.0 Å². The summed E-state index contributed by atoms with van der Waals surface area (Å²) in [5, 5.41) is 0. The molecule has 0 saturated carbocycles. The average Bonchev–Trinajstić information content (AvgIpc) is 2.24. The van der Waals surface area contributed by atoms with E-state index in [0.717, 1.165) is 18.5 Å². The summed E-state index contributed by atoms with van der Waals surface area (Å²) in [4.78, 5) is 0. The summed E-state index contributed by atoms with van der Waals surface area (Å²) in [5.74, 6) is 0. The molecule has 0 aromatic carbocycles. The maximum Gasteiger partial charge on any atom is 0.184 e. The zero-order valence-electron chi connectivity index (χ0n) is 10.4. The van der Waals surface area contributed by atoms with Crippen molar-refractivity contribution in [1.29, 1.82) is 0 Å². The van der Waals surface area contributed by atoms with E-state index >= 15 is 0 Å². The minimum absolute atomic E-state index is 0.474. The van der Waals surface area contributed by atoms with Crippen molar-refractivity contribution in [3.8, 4) is 0 Å². The molecule has 0 rings (SSSR count). The normalized spacial score (nSPS) is 12.7. The first kappa shape index (κ1) is 14.7. The first-order valence-electron chi connectivity index (χ1n) is 6.15. The second-order valence-electron chi connectivity index (χ2n) is 3.98. The van der Waals surface area contributed by atoms with Gasteiger partial charge in [-0.1, -0.05) is 38.8 Å². The highest BCUT2D eigenvalue weighted by molar-refractivity contribution is 6.53. The SMILES string of the molecule is C=CC[SiH](CC=C)OC(CC)CCCC. The third kappa shape index (κ3) is 7.57. The molecule has 2 heteroatoms. The highest BCUT2D eigenvalue weighted by Gasteiger charge is 2.14. The number of hydrogen-bond acceptors (Lipinski definition) is 1. The van der Waals surface area contributed by atoms with Crippen LogP contribution in [0.2, 0.25) is 12.1 Å². The number of rotatable bonds is 10. The van der Waals surface area contributed by atoms with Gasteiger partial charge in [0.25, 0.3) is 0 Å². The van der Waals surface area contributed by atoms with Crippen LogP contribution in [-0.2, 0) is 4.43 Å². The molecule has 0 N–H and O–H groups in total. The standard InChI is InChI=1S/C13H26OSi/c1-5-9-10-13(8-4)14-15(11-6-2)12-7-3/h6-7,13,15H,2-3,5,8-12H2,1,4H3. The zero-order chi connectivity index (χ0) is 11.5. The van der Waals surface area contributed by atoms with E-state index < -0.39 is 9.04 Å². The number of hydrogen-bond donors (Lipinski definition) is 0. The Morgan fingerprint density at radius 2 is 1.80 bits per heavy atom. The van der Waals surface area contributed by atoms with E-state index in [1.807, 2.05) is 12.2 Å². The maximum absolute atomic E-state index is 6.18. The zero-order valence-corrected chi connectivity index (χ0v) is 11.5. The molecule has 0 aromatic rings. The van der Waals surface area contributed by atoms with Crippen LogP contribution < -0.4 is 0 Å². The summed E-state index contributed by atoms with van der Waals surface area (Å²) in [6.07, 6.45) is 9.35. The van der Waals surface area contributed by atoms with Crippen molar-refractivity contribution in [3.63, 3.8) is 0 Å². The smallest absolute Gasteiger partial charge is 0.184 e. The third-order valence-electron chi connectivity index (χ3n) is 2.58. The molecule has 88 valence electrons. The van der Waals surface area contributed by atoms with Gasteiger partial charge in [-0.25, -0.2) is 0 Å². The molecule has 0 spiro atoms. The molecule has 0 fully saturated rings. The van der Waals surface area contributed by atoms with Gasteiger partial charge >= 0.3 is 0 Å². The Hall–Kier alpha value is -0.343. The van der Waals surface area contributed by atoms with Crippen LogP contribution in [0, 0.1) is 0 Å². The molecular formula is C13H26OSi. The summed E-state index contributed by atoms with van der Waals surface area (Å²) in [7, 11) is -1.09. The Bertz CT molecular complexity index is 158. The van der Waals surface area contributed by atoms with Gasteiger partial charge in [0, 0.05) is 6.10 Å². The molecule has 1 unspecified atom stereocenters. The Labute approximate surface area is 97.0 Å². The lowest BCUT2D eigenvalue weighted by Gasteiger charge is -2.21. The monoisotopic (exact) mass is 226 g/mol. The van der Waals surface area contributed by atoms with E-state index in [0.29, 0.717) is 6.10 Å². The lowest BCUT2D eigenvalue weighted by molar-refractivity contribution is 0.183. The highest BCUT2D eigenvalue weighted by Crippen LogP contribution is 2.14. The van der Waals surface area contributed by atoms with Gasteiger partial charge in [-0.3, -0.25) is 0 Å². The molecule has 0 aliphatic rings. The van der Waals surface area contributed by atoms with Crippen LogP contribution in [0.3, 0.4) is 0 Å².